The summed E-state index contributed by atoms with van der Waals surface area (Å²) in [6.45, 7) is 7.47. The molecule has 0 bridgehead atoms. The first-order valence-corrected chi connectivity index (χ1v) is 9.10. The van der Waals surface area contributed by atoms with Crippen LogP contribution in [0.15, 0.2) is 18.2 Å². The van der Waals surface area contributed by atoms with Crippen LogP contribution in [0.3, 0.4) is 0 Å². The molecule has 1 amide bonds. The maximum Gasteiger partial charge on any atom is 0.231 e. The Morgan fingerprint density at radius 3 is 3.04 bits per heavy atom. The lowest BCUT2D eigenvalue weighted by molar-refractivity contribution is -0.140. The molecular weight excluding hydrogens is 320 g/mol. The number of nitrogens with one attached hydrogen (secondary N) is 1. The highest BCUT2D eigenvalue weighted by atomic mass is 16.7. The SMILES string of the molecule is CC(C)NC(=O)[C@]12CCO[C@H]1CCN(Cc1ccc3c(c1)OCO3)C2. The molecule has 4 rings (SSSR count). The predicted molar refractivity (Wildman–Crippen MR) is 92.5 cm³/mol. The van der Waals surface area contributed by atoms with Crippen molar-refractivity contribution in [3.05, 3.63) is 23.8 Å². The quantitative estimate of drug-likeness (QED) is 0.903. The lowest BCUT2D eigenvalue weighted by atomic mass is 9.75. The van der Waals surface area contributed by atoms with Crippen LogP contribution in [0.25, 0.3) is 0 Å². The molecule has 2 saturated heterocycles. The van der Waals surface area contributed by atoms with Gasteiger partial charge in [-0.3, -0.25) is 9.69 Å². The molecular formula is C19H26N2O4. The molecule has 0 aromatic heterocycles. The first kappa shape index (κ1) is 16.7. The van der Waals surface area contributed by atoms with Crippen LogP contribution in [0.2, 0.25) is 0 Å². The number of rotatable bonds is 4. The van der Waals surface area contributed by atoms with Gasteiger partial charge in [0.1, 0.15) is 0 Å². The molecule has 0 saturated carbocycles. The molecule has 0 spiro atoms. The maximum absolute atomic E-state index is 12.9. The van der Waals surface area contributed by atoms with Gasteiger partial charge in [-0.1, -0.05) is 6.07 Å². The van der Waals surface area contributed by atoms with Crippen molar-refractivity contribution in [2.75, 3.05) is 26.5 Å². The number of carbonyl (C=O) groups excluding carboxylic acids is 1. The molecule has 0 aliphatic carbocycles. The number of benzene rings is 1. The first-order chi connectivity index (χ1) is 12.1. The van der Waals surface area contributed by atoms with Gasteiger partial charge in [0, 0.05) is 32.3 Å². The summed E-state index contributed by atoms with van der Waals surface area (Å²) in [6.07, 6.45) is 1.74. The highest BCUT2D eigenvalue weighted by Gasteiger charge is 2.53. The highest BCUT2D eigenvalue weighted by Crippen LogP contribution is 2.42. The number of likely N-dealkylation sites (tertiary alicyclic amines) is 1. The van der Waals surface area contributed by atoms with Gasteiger partial charge in [0.2, 0.25) is 12.7 Å². The third-order valence-corrected chi connectivity index (χ3v) is 5.41. The van der Waals surface area contributed by atoms with Crippen molar-refractivity contribution in [2.24, 2.45) is 5.41 Å². The van der Waals surface area contributed by atoms with Crippen LogP contribution in [0.5, 0.6) is 11.5 Å². The molecule has 3 aliphatic heterocycles. The number of ether oxygens (including phenoxy) is 3. The lowest BCUT2D eigenvalue weighted by Crippen LogP contribution is -2.57. The number of carbonyl (C=O) groups is 1. The average Bonchev–Trinajstić information content (AvgIpc) is 3.20. The van der Waals surface area contributed by atoms with E-state index in [1.165, 1.54) is 5.56 Å². The van der Waals surface area contributed by atoms with Crippen LogP contribution in [0.1, 0.15) is 32.3 Å². The Balaban J connectivity index is 1.49. The summed E-state index contributed by atoms with van der Waals surface area (Å²) in [5, 5.41) is 3.11. The number of hydrogen-bond donors (Lipinski definition) is 1. The van der Waals surface area contributed by atoms with Crippen LogP contribution in [-0.2, 0) is 16.1 Å². The van der Waals surface area contributed by atoms with Crippen LogP contribution in [0, 0.1) is 5.41 Å². The second-order valence-corrected chi connectivity index (χ2v) is 7.58. The zero-order valence-corrected chi connectivity index (χ0v) is 14.9. The first-order valence-electron chi connectivity index (χ1n) is 9.10. The molecule has 0 unspecified atom stereocenters. The summed E-state index contributed by atoms with van der Waals surface area (Å²) < 4.78 is 16.8. The zero-order valence-electron chi connectivity index (χ0n) is 14.9. The van der Waals surface area contributed by atoms with Gasteiger partial charge in [-0.2, -0.15) is 0 Å². The Labute approximate surface area is 148 Å². The molecule has 6 heteroatoms. The molecule has 3 aliphatic rings. The van der Waals surface area contributed by atoms with Gasteiger partial charge < -0.3 is 19.5 Å². The molecule has 2 fully saturated rings. The Kier molecular flexibility index (Phi) is 4.33. The Bertz CT molecular complexity index is 663. The van der Waals surface area contributed by atoms with E-state index in [4.69, 9.17) is 14.2 Å². The summed E-state index contributed by atoms with van der Waals surface area (Å²) in [4.78, 5) is 15.3. The van der Waals surface area contributed by atoms with E-state index in [0.717, 1.165) is 44.0 Å². The Hall–Kier alpha value is -1.79. The van der Waals surface area contributed by atoms with Gasteiger partial charge in [-0.05, 0) is 44.4 Å². The second-order valence-electron chi connectivity index (χ2n) is 7.58. The third kappa shape index (κ3) is 3.09. The molecule has 0 radical (unpaired) electrons. The van der Waals surface area contributed by atoms with Gasteiger partial charge in [-0.25, -0.2) is 0 Å². The van der Waals surface area contributed by atoms with E-state index in [1.807, 2.05) is 26.0 Å². The van der Waals surface area contributed by atoms with Crippen molar-refractivity contribution in [1.29, 1.82) is 0 Å². The van der Waals surface area contributed by atoms with Crippen LogP contribution < -0.4 is 14.8 Å². The number of amides is 1. The van der Waals surface area contributed by atoms with Gasteiger partial charge >= 0.3 is 0 Å². The molecule has 1 aromatic rings. The minimum absolute atomic E-state index is 0.0410. The summed E-state index contributed by atoms with van der Waals surface area (Å²) in [5.74, 6) is 1.75. The zero-order chi connectivity index (χ0) is 17.4. The van der Waals surface area contributed by atoms with E-state index >= 15 is 0 Å². The van der Waals surface area contributed by atoms with Crippen molar-refractivity contribution in [3.8, 4) is 11.5 Å². The van der Waals surface area contributed by atoms with E-state index in [9.17, 15) is 4.79 Å². The van der Waals surface area contributed by atoms with E-state index in [2.05, 4.69) is 16.3 Å². The van der Waals surface area contributed by atoms with E-state index in [1.54, 1.807) is 0 Å². The summed E-state index contributed by atoms with van der Waals surface area (Å²) in [5.41, 5.74) is 0.764. The molecule has 3 heterocycles. The fourth-order valence-electron chi connectivity index (χ4n) is 4.19. The van der Waals surface area contributed by atoms with Crippen LogP contribution >= 0.6 is 0 Å². The molecule has 6 nitrogen and oxygen atoms in total. The van der Waals surface area contributed by atoms with Gasteiger partial charge in [0.05, 0.1) is 11.5 Å². The minimum atomic E-state index is -0.418. The molecule has 1 N–H and O–H groups in total. The van der Waals surface area contributed by atoms with Crippen molar-refractivity contribution in [1.82, 2.24) is 10.2 Å². The number of nitrogens with zero attached hydrogens (tertiary/aromatic N) is 1. The monoisotopic (exact) mass is 346 g/mol. The summed E-state index contributed by atoms with van der Waals surface area (Å²) in [7, 11) is 0. The van der Waals surface area contributed by atoms with E-state index < -0.39 is 5.41 Å². The highest BCUT2D eigenvalue weighted by molar-refractivity contribution is 5.84. The standard InChI is InChI=1S/C19H26N2O4/c1-13(2)20-18(22)19-6-8-23-17(19)5-7-21(11-19)10-14-3-4-15-16(9-14)25-12-24-15/h3-4,9,13,17H,5-8,10-12H2,1-2H3,(H,20,22)/t17-,19-/m0/s1. The number of fused-ring (bicyclic) bond motifs is 2. The van der Waals surface area contributed by atoms with Crippen LogP contribution in [0.4, 0.5) is 0 Å². The third-order valence-electron chi connectivity index (χ3n) is 5.41. The van der Waals surface area contributed by atoms with Crippen molar-refractivity contribution >= 4 is 5.91 Å². The largest absolute Gasteiger partial charge is 0.454 e. The molecule has 25 heavy (non-hydrogen) atoms. The topological polar surface area (TPSA) is 60.0 Å². The normalized spacial score (nSPS) is 28.2. The van der Waals surface area contributed by atoms with Crippen molar-refractivity contribution in [2.45, 2.75) is 45.4 Å². The fourth-order valence-corrected chi connectivity index (χ4v) is 4.19. The van der Waals surface area contributed by atoms with Crippen LogP contribution in [-0.4, -0.2) is 49.4 Å². The van der Waals surface area contributed by atoms with E-state index in [0.29, 0.717) is 13.4 Å². The minimum Gasteiger partial charge on any atom is -0.454 e. The predicted octanol–water partition coefficient (Wildman–Crippen LogP) is 1.92. The van der Waals surface area contributed by atoms with Crippen molar-refractivity contribution in [3.63, 3.8) is 0 Å². The fraction of sp³-hybridized carbons (Fsp3) is 0.632. The van der Waals surface area contributed by atoms with Gasteiger partial charge in [0.15, 0.2) is 11.5 Å². The lowest BCUT2D eigenvalue weighted by Gasteiger charge is -2.42. The second kappa shape index (κ2) is 6.50. The maximum atomic E-state index is 12.9. The molecule has 136 valence electrons. The molecule has 2 atom stereocenters. The summed E-state index contributed by atoms with van der Waals surface area (Å²) in [6, 6.07) is 6.23. The smallest absolute Gasteiger partial charge is 0.231 e. The van der Waals surface area contributed by atoms with E-state index in [-0.39, 0.29) is 18.1 Å². The average molecular weight is 346 g/mol. The Morgan fingerprint density at radius 1 is 1.36 bits per heavy atom. The summed E-state index contributed by atoms with van der Waals surface area (Å²) >= 11 is 0. The molecule has 1 aromatic carbocycles. The number of hydrogen-bond acceptors (Lipinski definition) is 5. The number of piperidine rings is 1. The Morgan fingerprint density at radius 2 is 2.20 bits per heavy atom. The van der Waals surface area contributed by atoms with Gasteiger partial charge in [0.25, 0.3) is 0 Å². The van der Waals surface area contributed by atoms with Gasteiger partial charge in [-0.15, -0.1) is 0 Å². The van der Waals surface area contributed by atoms with Crippen molar-refractivity contribution < 1.29 is 19.0 Å².